The average molecular weight is 518 g/mol. The second-order valence-electron chi connectivity index (χ2n) is 10.0. The second kappa shape index (κ2) is 10.1. The maximum atomic E-state index is 13.5. The van der Waals surface area contributed by atoms with Crippen LogP contribution >= 0.6 is 0 Å². The van der Waals surface area contributed by atoms with E-state index in [0.29, 0.717) is 44.3 Å². The fraction of sp³-hybridized carbons (Fsp3) is 0.462. The number of piperidine rings is 1. The molecule has 38 heavy (non-hydrogen) atoms. The number of morpholine rings is 1. The number of anilines is 2. The summed E-state index contributed by atoms with van der Waals surface area (Å²) < 4.78 is 5.42. The number of fused-ring (bicyclic) bond motifs is 3. The SMILES string of the molecule is CN1Cc2cnc3ccc(-c4cnc(N5CCOCC5)nc4)nc3c2N(C2CCN(CC(N)=O)CC2)C1=O. The maximum absolute atomic E-state index is 13.5. The molecule has 6 rings (SSSR count). The number of hydrogen-bond acceptors (Lipinski definition) is 9. The highest BCUT2D eigenvalue weighted by atomic mass is 16.5. The first-order valence-corrected chi connectivity index (χ1v) is 13.0. The van der Waals surface area contributed by atoms with Gasteiger partial charge in [-0.15, -0.1) is 0 Å². The summed E-state index contributed by atoms with van der Waals surface area (Å²) >= 11 is 0. The Hall–Kier alpha value is -3.90. The number of urea groups is 1. The summed E-state index contributed by atoms with van der Waals surface area (Å²) in [6.07, 6.45) is 6.91. The van der Waals surface area contributed by atoms with Crippen LogP contribution in [0.4, 0.5) is 16.4 Å². The van der Waals surface area contributed by atoms with E-state index in [0.717, 1.165) is 54.0 Å². The number of primary amides is 1. The number of nitrogens with two attached hydrogens (primary N) is 1. The summed E-state index contributed by atoms with van der Waals surface area (Å²) in [5, 5.41) is 0. The van der Waals surface area contributed by atoms with Gasteiger partial charge in [-0.25, -0.2) is 19.7 Å². The van der Waals surface area contributed by atoms with E-state index in [1.54, 1.807) is 17.3 Å². The van der Waals surface area contributed by atoms with Gasteiger partial charge in [-0.05, 0) is 25.0 Å². The quantitative estimate of drug-likeness (QED) is 0.531. The van der Waals surface area contributed by atoms with Gasteiger partial charge >= 0.3 is 6.03 Å². The summed E-state index contributed by atoms with van der Waals surface area (Å²) in [4.78, 5) is 51.5. The summed E-state index contributed by atoms with van der Waals surface area (Å²) in [6.45, 7) is 4.99. The van der Waals surface area contributed by atoms with Gasteiger partial charge in [0.15, 0.2) is 0 Å². The van der Waals surface area contributed by atoms with Gasteiger partial charge in [-0.1, -0.05) is 0 Å². The molecule has 0 spiro atoms. The summed E-state index contributed by atoms with van der Waals surface area (Å²) in [5.41, 5.74) is 10.1. The van der Waals surface area contributed by atoms with Gasteiger partial charge in [-0.2, -0.15) is 0 Å². The van der Waals surface area contributed by atoms with Gasteiger partial charge in [-0.3, -0.25) is 19.6 Å². The van der Waals surface area contributed by atoms with E-state index in [1.165, 1.54) is 0 Å². The number of likely N-dealkylation sites (tertiary alicyclic amines) is 1. The van der Waals surface area contributed by atoms with Crippen LogP contribution in [-0.4, -0.2) is 101 Å². The third-order valence-electron chi connectivity index (χ3n) is 7.47. The Bertz CT molecular complexity index is 1350. The van der Waals surface area contributed by atoms with Crippen LogP contribution in [-0.2, 0) is 16.1 Å². The van der Waals surface area contributed by atoms with E-state index < -0.39 is 0 Å². The number of nitrogens with zero attached hydrogens (tertiary/aromatic N) is 8. The van der Waals surface area contributed by atoms with E-state index in [2.05, 4.69) is 19.9 Å². The van der Waals surface area contributed by atoms with Crippen molar-refractivity contribution in [2.75, 3.05) is 62.8 Å². The van der Waals surface area contributed by atoms with Crippen LogP contribution in [0.3, 0.4) is 0 Å². The number of carbonyl (C=O) groups is 2. The molecule has 0 bridgehead atoms. The number of hydrogen-bond donors (Lipinski definition) is 1. The number of carbonyl (C=O) groups excluding carboxylic acids is 2. The van der Waals surface area contributed by atoms with Crippen molar-refractivity contribution in [1.29, 1.82) is 0 Å². The minimum absolute atomic E-state index is 0.0136. The van der Waals surface area contributed by atoms with Crippen molar-refractivity contribution in [2.45, 2.75) is 25.4 Å². The van der Waals surface area contributed by atoms with Gasteiger partial charge in [0.1, 0.15) is 5.52 Å². The van der Waals surface area contributed by atoms with E-state index >= 15 is 0 Å². The molecule has 12 nitrogen and oxygen atoms in total. The zero-order chi connectivity index (χ0) is 26.2. The standard InChI is InChI=1S/C26H31N9O3/c1-32-15-18-14-28-21-3-2-20(17-12-29-25(30-13-17)34-8-10-38-11-9-34)31-23(21)24(18)35(26(32)37)19-4-6-33(7-5-19)16-22(27)36/h2-3,12-14,19H,4-11,15-16H2,1H3,(H2,27,36). The van der Waals surface area contributed by atoms with Crippen LogP contribution < -0.4 is 15.5 Å². The predicted octanol–water partition coefficient (Wildman–Crippen LogP) is 1.24. The lowest BCUT2D eigenvalue weighted by molar-refractivity contribution is -0.119. The molecule has 0 radical (unpaired) electrons. The van der Waals surface area contributed by atoms with Crippen LogP contribution in [0.25, 0.3) is 22.3 Å². The molecule has 3 amide bonds. The minimum Gasteiger partial charge on any atom is -0.378 e. The van der Waals surface area contributed by atoms with E-state index in [9.17, 15) is 9.59 Å². The maximum Gasteiger partial charge on any atom is 0.324 e. The monoisotopic (exact) mass is 517 g/mol. The lowest BCUT2D eigenvalue weighted by atomic mass is 9.99. The highest BCUT2D eigenvalue weighted by molar-refractivity contribution is 6.04. The molecule has 0 unspecified atom stereocenters. The number of aromatic nitrogens is 4. The summed E-state index contributed by atoms with van der Waals surface area (Å²) in [7, 11) is 1.81. The molecule has 2 saturated heterocycles. The molecule has 3 aliphatic heterocycles. The van der Waals surface area contributed by atoms with Crippen molar-refractivity contribution in [3.8, 4) is 11.3 Å². The van der Waals surface area contributed by atoms with E-state index in [-0.39, 0.29) is 24.5 Å². The first kappa shape index (κ1) is 24.4. The molecule has 12 heteroatoms. The lowest BCUT2D eigenvalue weighted by Gasteiger charge is -2.43. The molecule has 6 heterocycles. The number of ether oxygens (including phenoxy) is 1. The largest absolute Gasteiger partial charge is 0.378 e. The first-order chi connectivity index (χ1) is 18.5. The molecule has 3 aliphatic rings. The smallest absolute Gasteiger partial charge is 0.324 e. The Labute approximate surface area is 220 Å². The van der Waals surface area contributed by atoms with Crippen LogP contribution in [0.5, 0.6) is 0 Å². The molecular formula is C26H31N9O3. The van der Waals surface area contributed by atoms with Gasteiger partial charge in [0.25, 0.3) is 0 Å². The average Bonchev–Trinajstić information content (AvgIpc) is 2.94. The van der Waals surface area contributed by atoms with Crippen molar-refractivity contribution in [3.63, 3.8) is 0 Å². The molecule has 3 aromatic rings. The molecule has 0 atom stereocenters. The molecular weight excluding hydrogens is 486 g/mol. The van der Waals surface area contributed by atoms with Crippen molar-refractivity contribution < 1.29 is 14.3 Å². The van der Waals surface area contributed by atoms with Crippen LogP contribution in [0, 0.1) is 0 Å². The topological polar surface area (TPSA) is 134 Å². The van der Waals surface area contributed by atoms with Crippen molar-refractivity contribution >= 4 is 34.6 Å². The Morgan fingerprint density at radius 1 is 1.05 bits per heavy atom. The molecule has 2 fully saturated rings. The van der Waals surface area contributed by atoms with Crippen LogP contribution in [0.1, 0.15) is 18.4 Å². The van der Waals surface area contributed by atoms with Crippen molar-refractivity contribution in [2.24, 2.45) is 5.73 Å². The minimum atomic E-state index is -0.335. The summed E-state index contributed by atoms with van der Waals surface area (Å²) in [6, 6.07) is 3.78. The third-order valence-corrected chi connectivity index (χ3v) is 7.47. The zero-order valence-electron chi connectivity index (χ0n) is 21.4. The summed E-state index contributed by atoms with van der Waals surface area (Å²) in [5.74, 6) is 0.345. The number of rotatable bonds is 5. The molecule has 3 aromatic heterocycles. The molecule has 0 aromatic carbocycles. The first-order valence-electron chi connectivity index (χ1n) is 13.0. The Morgan fingerprint density at radius 3 is 2.50 bits per heavy atom. The van der Waals surface area contributed by atoms with Crippen molar-refractivity contribution in [1.82, 2.24) is 29.7 Å². The second-order valence-corrected chi connectivity index (χ2v) is 10.0. The fourth-order valence-corrected chi connectivity index (χ4v) is 5.51. The highest BCUT2D eigenvalue weighted by Crippen LogP contribution is 2.37. The third kappa shape index (κ3) is 4.61. The predicted molar refractivity (Wildman–Crippen MR) is 142 cm³/mol. The van der Waals surface area contributed by atoms with Crippen LogP contribution in [0.2, 0.25) is 0 Å². The van der Waals surface area contributed by atoms with Crippen LogP contribution in [0.15, 0.2) is 30.7 Å². The normalized spacial score (nSPS) is 19.2. The molecule has 198 valence electrons. The van der Waals surface area contributed by atoms with Gasteiger partial charge in [0.2, 0.25) is 11.9 Å². The number of pyridine rings is 2. The van der Waals surface area contributed by atoms with Gasteiger partial charge in [0.05, 0.1) is 43.2 Å². The Morgan fingerprint density at radius 2 is 1.79 bits per heavy atom. The lowest BCUT2D eigenvalue weighted by Crippen LogP contribution is -2.54. The molecule has 0 aliphatic carbocycles. The van der Waals surface area contributed by atoms with Gasteiger partial charge in [0, 0.05) is 69.0 Å². The highest BCUT2D eigenvalue weighted by Gasteiger charge is 2.37. The van der Waals surface area contributed by atoms with E-state index in [1.807, 2.05) is 35.2 Å². The van der Waals surface area contributed by atoms with E-state index in [4.69, 9.17) is 15.5 Å². The molecule has 2 N–H and O–H groups in total. The number of amides is 3. The zero-order valence-corrected chi connectivity index (χ0v) is 21.4. The molecule has 0 saturated carbocycles. The Balaban J connectivity index is 1.34. The Kier molecular flexibility index (Phi) is 6.50. The van der Waals surface area contributed by atoms with Crippen molar-refractivity contribution in [3.05, 3.63) is 36.3 Å². The fourth-order valence-electron chi connectivity index (χ4n) is 5.51. The van der Waals surface area contributed by atoms with Gasteiger partial charge < -0.3 is 20.3 Å².